The van der Waals surface area contributed by atoms with Gasteiger partial charge in [-0.25, -0.2) is 0 Å². The van der Waals surface area contributed by atoms with Crippen molar-refractivity contribution in [2.45, 2.75) is 32.8 Å². The number of benzene rings is 1. The molecule has 0 aromatic heterocycles. The molecule has 1 unspecified atom stereocenters. The molecule has 1 N–H and O–H groups in total. The summed E-state index contributed by atoms with van der Waals surface area (Å²) < 4.78 is 11.3. The predicted molar refractivity (Wildman–Crippen MR) is 76.3 cm³/mol. The molecule has 102 valence electrons. The van der Waals surface area contributed by atoms with Gasteiger partial charge in [0.15, 0.2) is 11.5 Å². The van der Waals surface area contributed by atoms with Crippen LogP contribution in [0.15, 0.2) is 16.6 Å². The molecule has 0 radical (unpaired) electrons. The van der Waals surface area contributed by atoms with Gasteiger partial charge in [-0.15, -0.1) is 0 Å². The minimum Gasteiger partial charge on any atom is -0.493 e. The summed E-state index contributed by atoms with van der Waals surface area (Å²) in [5, 5.41) is 10.4. The topological polar surface area (TPSA) is 38.7 Å². The van der Waals surface area contributed by atoms with E-state index in [1.54, 1.807) is 14.2 Å². The van der Waals surface area contributed by atoms with Crippen molar-refractivity contribution in [3.8, 4) is 11.5 Å². The first-order valence-corrected chi connectivity index (χ1v) is 6.97. The van der Waals surface area contributed by atoms with Gasteiger partial charge >= 0.3 is 0 Å². The van der Waals surface area contributed by atoms with Gasteiger partial charge in [-0.3, -0.25) is 0 Å². The fraction of sp³-hybridized carbons (Fsp3) is 0.571. The lowest BCUT2D eigenvalue weighted by atomic mass is 9.91. The minimum atomic E-state index is -0.491. The molecule has 0 aliphatic carbocycles. The molecule has 0 heterocycles. The van der Waals surface area contributed by atoms with Crippen molar-refractivity contribution in [1.82, 2.24) is 0 Å². The highest BCUT2D eigenvalue weighted by Gasteiger charge is 2.22. The van der Waals surface area contributed by atoms with Gasteiger partial charge < -0.3 is 14.6 Å². The second kappa shape index (κ2) is 7.00. The fourth-order valence-corrected chi connectivity index (χ4v) is 2.64. The molecular weight excluding hydrogens is 296 g/mol. The summed E-state index contributed by atoms with van der Waals surface area (Å²) in [6, 6.07) is 3.67. The molecule has 1 aromatic rings. The third kappa shape index (κ3) is 3.18. The summed E-state index contributed by atoms with van der Waals surface area (Å²) in [5.74, 6) is 1.55. The van der Waals surface area contributed by atoms with Gasteiger partial charge in [0.05, 0.1) is 20.3 Å². The van der Waals surface area contributed by atoms with Crippen molar-refractivity contribution in [2.24, 2.45) is 5.92 Å². The van der Waals surface area contributed by atoms with E-state index in [0.717, 1.165) is 22.9 Å². The van der Waals surface area contributed by atoms with Crippen molar-refractivity contribution in [1.29, 1.82) is 0 Å². The third-order valence-electron chi connectivity index (χ3n) is 3.32. The van der Waals surface area contributed by atoms with Crippen LogP contribution in [0.1, 0.15) is 38.4 Å². The number of hydrogen-bond donors (Lipinski definition) is 1. The maximum absolute atomic E-state index is 10.4. The first-order chi connectivity index (χ1) is 8.58. The number of rotatable bonds is 6. The molecule has 1 aromatic carbocycles. The Balaban J connectivity index is 3.16. The van der Waals surface area contributed by atoms with Crippen molar-refractivity contribution in [3.63, 3.8) is 0 Å². The summed E-state index contributed by atoms with van der Waals surface area (Å²) in [6.45, 7) is 4.18. The summed E-state index contributed by atoms with van der Waals surface area (Å²) in [4.78, 5) is 0. The first-order valence-electron chi connectivity index (χ1n) is 6.18. The van der Waals surface area contributed by atoms with Gasteiger partial charge in [-0.1, -0.05) is 42.6 Å². The van der Waals surface area contributed by atoms with E-state index in [1.165, 1.54) is 0 Å². The van der Waals surface area contributed by atoms with Gasteiger partial charge in [0.2, 0.25) is 0 Å². The smallest absolute Gasteiger partial charge is 0.161 e. The van der Waals surface area contributed by atoms with Crippen molar-refractivity contribution in [3.05, 3.63) is 22.2 Å². The summed E-state index contributed by atoms with van der Waals surface area (Å²) in [5.41, 5.74) is 0.848. The van der Waals surface area contributed by atoms with Crippen molar-refractivity contribution >= 4 is 15.9 Å². The minimum absolute atomic E-state index is 0.249. The number of ether oxygens (including phenoxy) is 2. The lowest BCUT2D eigenvalue weighted by Gasteiger charge is -2.22. The Hall–Kier alpha value is -0.740. The van der Waals surface area contributed by atoms with Crippen LogP contribution in [0.3, 0.4) is 0 Å². The second-order valence-electron chi connectivity index (χ2n) is 4.25. The Morgan fingerprint density at radius 2 is 1.61 bits per heavy atom. The normalized spacial score (nSPS) is 12.6. The highest BCUT2D eigenvalue weighted by Crippen LogP contribution is 2.39. The molecule has 0 saturated heterocycles. The van der Waals surface area contributed by atoms with Crippen LogP contribution < -0.4 is 9.47 Å². The monoisotopic (exact) mass is 316 g/mol. The number of aliphatic hydroxyl groups excluding tert-OH is 1. The molecule has 4 heteroatoms. The fourth-order valence-electron chi connectivity index (χ4n) is 2.09. The van der Waals surface area contributed by atoms with Gasteiger partial charge in [0.1, 0.15) is 0 Å². The molecule has 0 amide bonds. The van der Waals surface area contributed by atoms with E-state index in [9.17, 15) is 5.11 Å². The van der Waals surface area contributed by atoms with Gasteiger partial charge in [0, 0.05) is 4.47 Å². The average Bonchev–Trinajstić information content (AvgIpc) is 2.39. The number of methoxy groups -OCH3 is 2. The highest BCUT2D eigenvalue weighted by atomic mass is 79.9. The zero-order valence-electron chi connectivity index (χ0n) is 11.4. The molecule has 1 atom stereocenters. The Labute approximate surface area is 117 Å². The van der Waals surface area contributed by atoms with Gasteiger partial charge in [-0.05, 0) is 23.6 Å². The molecular formula is C14H21BrO3. The molecule has 1 rings (SSSR count). The van der Waals surface area contributed by atoms with Crippen molar-refractivity contribution < 1.29 is 14.6 Å². The molecule has 0 aliphatic rings. The molecule has 0 spiro atoms. The summed E-state index contributed by atoms with van der Waals surface area (Å²) in [6.07, 6.45) is 1.39. The van der Waals surface area contributed by atoms with Crippen LogP contribution in [0.4, 0.5) is 0 Å². The molecule has 0 bridgehead atoms. The maximum atomic E-state index is 10.4. The van der Waals surface area contributed by atoms with E-state index in [-0.39, 0.29) is 5.92 Å². The number of aliphatic hydroxyl groups is 1. The Bertz CT molecular complexity index is 389. The van der Waals surface area contributed by atoms with Crippen LogP contribution in [0.25, 0.3) is 0 Å². The van der Waals surface area contributed by atoms with E-state index in [1.807, 2.05) is 12.1 Å². The standard InChI is InChI=1S/C14H21BrO3/c1-5-9(6-2)14(16)10-7-12(17-3)13(18-4)8-11(10)15/h7-9,14,16H,5-6H2,1-4H3. The zero-order valence-corrected chi connectivity index (χ0v) is 13.0. The van der Waals surface area contributed by atoms with Gasteiger partial charge in [-0.2, -0.15) is 0 Å². The van der Waals surface area contributed by atoms with E-state index in [0.29, 0.717) is 11.5 Å². The Kier molecular flexibility index (Phi) is 5.96. The summed E-state index contributed by atoms with van der Waals surface area (Å²) in [7, 11) is 3.19. The summed E-state index contributed by atoms with van der Waals surface area (Å²) >= 11 is 3.48. The van der Waals surface area contributed by atoms with Crippen LogP contribution in [-0.2, 0) is 0 Å². The first kappa shape index (κ1) is 15.3. The third-order valence-corrected chi connectivity index (χ3v) is 4.00. The average molecular weight is 317 g/mol. The van der Waals surface area contributed by atoms with Crippen LogP contribution >= 0.6 is 15.9 Å². The zero-order chi connectivity index (χ0) is 13.7. The Morgan fingerprint density at radius 1 is 1.11 bits per heavy atom. The Morgan fingerprint density at radius 3 is 2.06 bits per heavy atom. The van der Waals surface area contributed by atoms with E-state index in [4.69, 9.17) is 9.47 Å². The lowest BCUT2D eigenvalue weighted by Crippen LogP contribution is -2.12. The predicted octanol–water partition coefficient (Wildman–Crippen LogP) is 3.94. The number of halogens is 1. The second-order valence-corrected chi connectivity index (χ2v) is 5.10. The number of hydrogen-bond acceptors (Lipinski definition) is 3. The van der Waals surface area contributed by atoms with E-state index < -0.39 is 6.10 Å². The maximum Gasteiger partial charge on any atom is 0.161 e. The highest BCUT2D eigenvalue weighted by molar-refractivity contribution is 9.10. The molecule has 18 heavy (non-hydrogen) atoms. The SMILES string of the molecule is CCC(CC)C(O)c1cc(OC)c(OC)cc1Br. The van der Waals surface area contributed by atoms with Crippen LogP contribution in [0, 0.1) is 5.92 Å². The van der Waals surface area contributed by atoms with E-state index in [2.05, 4.69) is 29.8 Å². The van der Waals surface area contributed by atoms with E-state index >= 15 is 0 Å². The van der Waals surface area contributed by atoms with Crippen LogP contribution in [0.2, 0.25) is 0 Å². The largest absolute Gasteiger partial charge is 0.493 e. The molecule has 0 saturated carbocycles. The van der Waals surface area contributed by atoms with Crippen LogP contribution in [-0.4, -0.2) is 19.3 Å². The van der Waals surface area contributed by atoms with Crippen LogP contribution in [0.5, 0.6) is 11.5 Å². The van der Waals surface area contributed by atoms with Crippen molar-refractivity contribution in [2.75, 3.05) is 14.2 Å². The molecule has 0 aliphatic heterocycles. The quantitative estimate of drug-likeness (QED) is 0.864. The molecule has 3 nitrogen and oxygen atoms in total. The molecule has 0 fully saturated rings. The lowest BCUT2D eigenvalue weighted by molar-refractivity contribution is 0.102. The van der Waals surface area contributed by atoms with Gasteiger partial charge in [0.25, 0.3) is 0 Å².